The van der Waals surface area contributed by atoms with Crippen molar-refractivity contribution >= 4 is 0 Å². The molecular formula is C15H21NO. The number of benzene rings is 1. The third-order valence-corrected chi connectivity index (χ3v) is 2.25. The molecule has 0 bridgehead atoms. The topological polar surface area (TPSA) is 21.3 Å². The van der Waals surface area contributed by atoms with E-state index in [2.05, 4.69) is 38.1 Å². The first-order valence-corrected chi connectivity index (χ1v) is 5.88. The Hall–Kier alpha value is -1.46. The molecule has 0 unspecified atom stereocenters. The van der Waals surface area contributed by atoms with E-state index in [1.165, 1.54) is 0 Å². The molecule has 0 saturated heterocycles. The van der Waals surface area contributed by atoms with Gasteiger partial charge in [0.2, 0.25) is 0 Å². The molecule has 0 aromatic heterocycles. The Morgan fingerprint density at radius 1 is 1.29 bits per heavy atom. The first kappa shape index (κ1) is 13.6. The minimum Gasteiger partial charge on any atom is -0.481 e. The Morgan fingerprint density at radius 3 is 2.65 bits per heavy atom. The van der Waals surface area contributed by atoms with E-state index in [0.29, 0.717) is 6.61 Å². The molecule has 1 aromatic carbocycles. The van der Waals surface area contributed by atoms with Crippen molar-refractivity contribution < 1.29 is 4.74 Å². The molecule has 2 nitrogen and oxygen atoms in total. The van der Waals surface area contributed by atoms with E-state index in [9.17, 15) is 0 Å². The fourth-order valence-electron chi connectivity index (χ4n) is 1.48. The second-order valence-corrected chi connectivity index (χ2v) is 5.26. The van der Waals surface area contributed by atoms with Crippen LogP contribution in [0.3, 0.4) is 0 Å². The van der Waals surface area contributed by atoms with Crippen molar-refractivity contribution in [1.82, 2.24) is 5.32 Å². The summed E-state index contributed by atoms with van der Waals surface area (Å²) in [6, 6.07) is 7.98. The van der Waals surface area contributed by atoms with Gasteiger partial charge < -0.3 is 10.1 Å². The van der Waals surface area contributed by atoms with Crippen LogP contribution >= 0.6 is 0 Å². The van der Waals surface area contributed by atoms with Crippen LogP contribution in [-0.4, -0.2) is 13.2 Å². The van der Waals surface area contributed by atoms with Crippen molar-refractivity contribution in [3.8, 4) is 18.1 Å². The molecule has 2 heteroatoms. The van der Waals surface area contributed by atoms with Crippen molar-refractivity contribution in [3.63, 3.8) is 0 Å². The Bertz CT molecular complexity index is 385. The molecule has 0 spiro atoms. The molecule has 0 saturated carbocycles. The predicted octanol–water partition coefficient (Wildman–Crippen LogP) is 2.83. The summed E-state index contributed by atoms with van der Waals surface area (Å²) in [5.41, 5.74) is 1.43. The highest BCUT2D eigenvalue weighted by molar-refractivity contribution is 5.33. The Kier molecular flexibility index (Phi) is 5.06. The van der Waals surface area contributed by atoms with E-state index in [4.69, 9.17) is 11.2 Å². The minimum atomic E-state index is 0.286. The highest BCUT2D eigenvalue weighted by atomic mass is 16.5. The third kappa shape index (κ3) is 5.42. The maximum absolute atomic E-state index is 5.49. The molecular weight excluding hydrogens is 210 g/mol. The standard InChI is InChI=1S/C15H21NO/c1-5-10-17-14-9-7-6-8-13(14)11-16-12-15(2,3)4/h1,6-9,16H,10-12H2,2-4H3. The van der Waals surface area contributed by atoms with Crippen LogP contribution in [0, 0.1) is 17.8 Å². The van der Waals surface area contributed by atoms with Crippen LogP contribution in [0.15, 0.2) is 24.3 Å². The largest absolute Gasteiger partial charge is 0.481 e. The molecule has 17 heavy (non-hydrogen) atoms. The number of hydrogen-bond acceptors (Lipinski definition) is 2. The lowest BCUT2D eigenvalue weighted by atomic mass is 9.97. The van der Waals surface area contributed by atoms with Gasteiger partial charge in [0.25, 0.3) is 0 Å². The van der Waals surface area contributed by atoms with Gasteiger partial charge in [-0.3, -0.25) is 0 Å². The lowest BCUT2D eigenvalue weighted by molar-refractivity contribution is 0.356. The van der Waals surface area contributed by atoms with Gasteiger partial charge in [0.05, 0.1) is 0 Å². The van der Waals surface area contributed by atoms with Gasteiger partial charge in [0, 0.05) is 18.7 Å². The van der Waals surface area contributed by atoms with Gasteiger partial charge in [0.15, 0.2) is 0 Å². The number of para-hydroxylation sites is 1. The average Bonchev–Trinajstić information content (AvgIpc) is 2.26. The summed E-state index contributed by atoms with van der Waals surface area (Å²) < 4.78 is 5.49. The maximum Gasteiger partial charge on any atom is 0.148 e. The summed E-state index contributed by atoms with van der Waals surface area (Å²) >= 11 is 0. The Balaban J connectivity index is 2.55. The molecule has 0 aliphatic rings. The van der Waals surface area contributed by atoms with Crippen molar-refractivity contribution in [2.75, 3.05) is 13.2 Å². The zero-order valence-corrected chi connectivity index (χ0v) is 10.9. The maximum atomic E-state index is 5.49. The van der Waals surface area contributed by atoms with Gasteiger partial charge in [-0.15, -0.1) is 6.42 Å². The van der Waals surface area contributed by atoms with Gasteiger partial charge in [-0.2, -0.15) is 0 Å². The fourth-order valence-corrected chi connectivity index (χ4v) is 1.48. The lowest BCUT2D eigenvalue weighted by Crippen LogP contribution is -2.26. The second kappa shape index (κ2) is 6.32. The van der Waals surface area contributed by atoms with E-state index in [0.717, 1.165) is 24.4 Å². The highest BCUT2D eigenvalue weighted by Gasteiger charge is 2.09. The third-order valence-electron chi connectivity index (χ3n) is 2.25. The second-order valence-electron chi connectivity index (χ2n) is 5.26. The normalized spacial score (nSPS) is 10.9. The van der Waals surface area contributed by atoms with Crippen LogP contribution < -0.4 is 10.1 Å². The molecule has 0 fully saturated rings. The molecule has 92 valence electrons. The van der Waals surface area contributed by atoms with Crippen LogP contribution in [0.25, 0.3) is 0 Å². The van der Waals surface area contributed by atoms with Gasteiger partial charge in [-0.25, -0.2) is 0 Å². The van der Waals surface area contributed by atoms with Gasteiger partial charge in [-0.05, 0) is 11.5 Å². The van der Waals surface area contributed by atoms with E-state index in [1.807, 2.05) is 18.2 Å². The van der Waals surface area contributed by atoms with Crippen LogP contribution in [0.5, 0.6) is 5.75 Å². The molecule has 0 heterocycles. The van der Waals surface area contributed by atoms with E-state index in [-0.39, 0.29) is 5.41 Å². The molecule has 0 atom stereocenters. The zero-order valence-electron chi connectivity index (χ0n) is 10.9. The average molecular weight is 231 g/mol. The summed E-state index contributed by atoms with van der Waals surface area (Å²) in [5, 5.41) is 3.43. The number of ether oxygens (including phenoxy) is 1. The number of hydrogen-bond donors (Lipinski definition) is 1. The van der Waals surface area contributed by atoms with E-state index < -0.39 is 0 Å². The minimum absolute atomic E-state index is 0.286. The Morgan fingerprint density at radius 2 is 2.00 bits per heavy atom. The molecule has 1 rings (SSSR count). The van der Waals surface area contributed by atoms with Crippen molar-refractivity contribution in [2.45, 2.75) is 27.3 Å². The van der Waals surface area contributed by atoms with Gasteiger partial charge in [-0.1, -0.05) is 44.9 Å². The summed E-state index contributed by atoms with van der Waals surface area (Å²) in [6.07, 6.45) is 5.19. The SMILES string of the molecule is C#CCOc1ccccc1CNCC(C)(C)C. The summed E-state index contributed by atoms with van der Waals surface area (Å²) in [7, 11) is 0. The monoisotopic (exact) mass is 231 g/mol. The van der Waals surface area contributed by atoms with Crippen LogP contribution in [0.1, 0.15) is 26.3 Å². The van der Waals surface area contributed by atoms with Crippen molar-refractivity contribution in [3.05, 3.63) is 29.8 Å². The van der Waals surface area contributed by atoms with Crippen LogP contribution in [0.4, 0.5) is 0 Å². The molecule has 0 aliphatic carbocycles. The Labute approximate surface area is 104 Å². The summed E-state index contributed by atoms with van der Waals surface area (Å²) in [4.78, 5) is 0. The first-order chi connectivity index (χ1) is 8.03. The number of rotatable bonds is 5. The number of terminal acetylenes is 1. The first-order valence-electron chi connectivity index (χ1n) is 5.88. The predicted molar refractivity (Wildman–Crippen MR) is 71.9 cm³/mol. The fraction of sp³-hybridized carbons (Fsp3) is 0.467. The smallest absolute Gasteiger partial charge is 0.148 e. The van der Waals surface area contributed by atoms with Gasteiger partial charge >= 0.3 is 0 Å². The number of nitrogens with one attached hydrogen (secondary N) is 1. The molecule has 0 radical (unpaired) electrons. The van der Waals surface area contributed by atoms with Crippen LogP contribution in [0.2, 0.25) is 0 Å². The molecule has 0 amide bonds. The van der Waals surface area contributed by atoms with E-state index in [1.54, 1.807) is 0 Å². The van der Waals surface area contributed by atoms with Gasteiger partial charge in [0.1, 0.15) is 12.4 Å². The molecule has 1 aromatic rings. The quantitative estimate of drug-likeness (QED) is 0.787. The lowest BCUT2D eigenvalue weighted by Gasteiger charge is -2.19. The zero-order chi connectivity index (χ0) is 12.7. The van der Waals surface area contributed by atoms with Crippen molar-refractivity contribution in [2.24, 2.45) is 5.41 Å². The summed E-state index contributed by atoms with van der Waals surface area (Å²) in [6.45, 7) is 8.72. The van der Waals surface area contributed by atoms with E-state index >= 15 is 0 Å². The molecule has 0 aliphatic heterocycles. The van der Waals surface area contributed by atoms with Crippen molar-refractivity contribution in [1.29, 1.82) is 0 Å². The summed E-state index contributed by atoms with van der Waals surface area (Å²) in [5.74, 6) is 3.35. The highest BCUT2D eigenvalue weighted by Crippen LogP contribution is 2.18. The molecule has 1 N–H and O–H groups in total. The van der Waals surface area contributed by atoms with Crippen LogP contribution in [-0.2, 0) is 6.54 Å².